The second-order valence-corrected chi connectivity index (χ2v) is 9.42. The van der Waals surface area contributed by atoms with Crippen LogP contribution in [0.25, 0.3) is 0 Å². The molecule has 1 N–H and O–H groups in total. The number of thiazole rings is 1. The molecule has 0 bridgehead atoms. The molecule has 0 aliphatic heterocycles. The van der Waals surface area contributed by atoms with Crippen LogP contribution in [0.15, 0.2) is 24.3 Å². The first-order valence-electron chi connectivity index (χ1n) is 9.29. The molecule has 1 aromatic heterocycles. The minimum atomic E-state index is -0.125. The molecule has 0 radical (unpaired) electrons. The van der Waals surface area contributed by atoms with Crippen molar-refractivity contribution >= 4 is 22.4 Å². The van der Waals surface area contributed by atoms with Crippen molar-refractivity contribution in [3.63, 3.8) is 0 Å². The molecule has 1 aliphatic rings. The van der Waals surface area contributed by atoms with Crippen molar-refractivity contribution in [1.82, 2.24) is 4.98 Å². The van der Waals surface area contributed by atoms with Gasteiger partial charge in [-0.15, -0.1) is 11.3 Å². The number of ether oxygens (including phenoxy) is 1. The summed E-state index contributed by atoms with van der Waals surface area (Å²) in [6, 6.07) is 7.23. The first-order chi connectivity index (χ1) is 12.2. The number of benzene rings is 1. The average Bonchev–Trinajstić information content (AvgIpc) is 2.95. The van der Waals surface area contributed by atoms with E-state index < -0.39 is 0 Å². The summed E-state index contributed by atoms with van der Waals surface area (Å²) in [4.78, 5) is 18.5. The Labute approximate surface area is 160 Å². The summed E-state index contributed by atoms with van der Waals surface area (Å²) in [5.74, 6) is 1.32. The maximum atomic E-state index is 12.5. The molecule has 0 spiro atoms. The molecule has 140 valence electrons. The summed E-state index contributed by atoms with van der Waals surface area (Å²) >= 11 is 1.62. The molecule has 26 heavy (non-hydrogen) atoms. The second-order valence-electron chi connectivity index (χ2n) is 8.34. The van der Waals surface area contributed by atoms with E-state index in [0.717, 1.165) is 24.3 Å². The number of aromatic nitrogens is 1. The molecule has 0 saturated heterocycles. The number of hydrogen-bond donors (Lipinski definition) is 1. The standard InChI is InChI=1S/C21H28N2O2S/c1-13(2)25-16-9-6-14(7-10-16)19(24)23-20-22-17-11-8-15(21(3,4)5)12-18(17)26-20/h6-7,9-10,13,15H,8,11-12H2,1-5H3,(H,22,23,24)/t15-/m0/s1. The summed E-state index contributed by atoms with van der Waals surface area (Å²) in [6.07, 6.45) is 3.36. The Balaban J connectivity index is 1.66. The Morgan fingerprint density at radius 1 is 1.27 bits per heavy atom. The molecule has 2 aromatic rings. The third-order valence-electron chi connectivity index (χ3n) is 4.87. The number of anilines is 1. The lowest BCUT2D eigenvalue weighted by atomic mass is 9.73. The van der Waals surface area contributed by atoms with E-state index in [1.54, 1.807) is 23.5 Å². The summed E-state index contributed by atoms with van der Waals surface area (Å²) in [5.41, 5.74) is 2.08. The van der Waals surface area contributed by atoms with Crippen LogP contribution >= 0.6 is 11.3 Å². The van der Waals surface area contributed by atoms with Crippen LogP contribution in [0.3, 0.4) is 0 Å². The SMILES string of the molecule is CC(C)Oc1ccc(C(=O)Nc2nc3c(s2)C[C@@H](C(C)(C)C)CC3)cc1. The lowest BCUT2D eigenvalue weighted by Gasteiger charge is -2.33. The number of amides is 1. The van der Waals surface area contributed by atoms with Gasteiger partial charge in [-0.3, -0.25) is 10.1 Å². The number of carbonyl (C=O) groups is 1. The lowest BCUT2D eigenvalue weighted by molar-refractivity contribution is 0.102. The van der Waals surface area contributed by atoms with Crippen LogP contribution < -0.4 is 10.1 Å². The summed E-state index contributed by atoms with van der Waals surface area (Å²) < 4.78 is 5.62. The largest absolute Gasteiger partial charge is 0.491 e. The predicted octanol–water partition coefficient (Wildman–Crippen LogP) is 5.33. The topological polar surface area (TPSA) is 51.2 Å². The third kappa shape index (κ3) is 4.44. The number of carbonyl (C=O) groups excluding carboxylic acids is 1. The van der Waals surface area contributed by atoms with Crippen molar-refractivity contribution in [2.24, 2.45) is 11.3 Å². The summed E-state index contributed by atoms with van der Waals surface area (Å²) in [7, 11) is 0. The van der Waals surface area contributed by atoms with Crippen molar-refractivity contribution in [2.45, 2.75) is 60.0 Å². The van der Waals surface area contributed by atoms with Gasteiger partial charge in [-0.25, -0.2) is 4.98 Å². The van der Waals surface area contributed by atoms with Crippen LogP contribution in [-0.2, 0) is 12.8 Å². The maximum Gasteiger partial charge on any atom is 0.257 e. The summed E-state index contributed by atoms with van der Waals surface area (Å²) in [6.45, 7) is 10.9. The molecule has 1 aromatic carbocycles. The fraction of sp³-hybridized carbons (Fsp3) is 0.524. The van der Waals surface area contributed by atoms with E-state index in [9.17, 15) is 4.79 Å². The number of hydrogen-bond acceptors (Lipinski definition) is 4. The number of nitrogens with one attached hydrogen (secondary N) is 1. The van der Waals surface area contributed by atoms with Crippen LogP contribution in [-0.4, -0.2) is 17.0 Å². The van der Waals surface area contributed by atoms with Crippen molar-refractivity contribution in [3.05, 3.63) is 40.4 Å². The highest BCUT2D eigenvalue weighted by atomic mass is 32.1. The van der Waals surface area contributed by atoms with Gasteiger partial charge in [-0.05, 0) is 68.7 Å². The molecule has 0 fully saturated rings. The van der Waals surface area contributed by atoms with Crippen molar-refractivity contribution in [3.8, 4) is 5.75 Å². The van der Waals surface area contributed by atoms with Crippen molar-refractivity contribution in [1.29, 1.82) is 0 Å². The van der Waals surface area contributed by atoms with Crippen LogP contribution in [0.1, 0.15) is 62.0 Å². The second kappa shape index (κ2) is 7.39. The van der Waals surface area contributed by atoms with E-state index in [0.29, 0.717) is 22.0 Å². The van der Waals surface area contributed by atoms with Gasteiger partial charge in [0, 0.05) is 10.4 Å². The quantitative estimate of drug-likeness (QED) is 0.789. The molecular formula is C21H28N2O2S. The Kier molecular flexibility index (Phi) is 5.37. The average molecular weight is 373 g/mol. The van der Waals surface area contributed by atoms with Crippen molar-refractivity contribution in [2.75, 3.05) is 5.32 Å². The molecular weight excluding hydrogens is 344 g/mol. The van der Waals surface area contributed by atoms with E-state index in [1.807, 2.05) is 26.0 Å². The molecule has 1 heterocycles. The monoisotopic (exact) mass is 372 g/mol. The zero-order valence-corrected chi connectivity index (χ0v) is 17.1. The third-order valence-corrected chi connectivity index (χ3v) is 5.91. The molecule has 0 saturated carbocycles. The van der Waals surface area contributed by atoms with E-state index in [2.05, 4.69) is 31.1 Å². The van der Waals surface area contributed by atoms with Gasteiger partial charge in [0.15, 0.2) is 5.13 Å². The number of fused-ring (bicyclic) bond motifs is 1. The van der Waals surface area contributed by atoms with Crippen LogP contribution in [0.2, 0.25) is 0 Å². The predicted molar refractivity (Wildman–Crippen MR) is 107 cm³/mol. The molecule has 1 aliphatic carbocycles. The number of nitrogens with zero attached hydrogens (tertiary/aromatic N) is 1. The Bertz CT molecular complexity index is 772. The van der Waals surface area contributed by atoms with Gasteiger partial charge in [0.1, 0.15) is 5.75 Å². The smallest absolute Gasteiger partial charge is 0.257 e. The lowest BCUT2D eigenvalue weighted by Crippen LogP contribution is -2.26. The first-order valence-corrected chi connectivity index (χ1v) is 10.1. The van der Waals surface area contributed by atoms with Crippen LogP contribution in [0.4, 0.5) is 5.13 Å². The highest BCUT2D eigenvalue weighted by Crippen LogP contribution is 2.40. The fourth-order valence-electron chi connectivity index (χ4n) is 3.29. The molecule has 3 rings (SSSR count). The highest BCUT2D eigenvalue weighted by Gasteiger charge is 2.30. The van der Waals surface area contributed by atoms with Gasteiger partial charge in [0.05, 0.1) is 11.8 Å². The minimum Gasteiger partial charge on any atom is -0.491 e. The first kappa shape index (κ1) is 18.9. The molecule has 0 unspecified atom stereocenters. The molecule has 5 heteroatoms. The number of aryl methyl sites for hydroxylation is 1. The Hall–Kier alpha value is -1.88. The molecule has 4 nitrogen and oxygen atoms in total. The van der Waals surface area contributed by atoms with Crippen LogP contribution in [0.5, 0.6) is 5.75 Å². The van der Waals surface area contributed by atoms with E-state index in [1.165, 1.54) is 11.3 Å². The van der Waals surface area contributed by atoms with Gasteiger partial charge in [-0.1, -0.05) is 20.8 Å². The minimum absolute atomic E-state index is 0.119. The van der Waals surface area contributed by atoms with Gasteiger partial charge in [0.25, 0.3) is 5.91 Å². The maximum absolute atomic E-state index is 12.5. The zero-order valence-electron chi connectivity index (χ0n) is 16.3. The van der Waals surface area contributed by atoms with Gasteiger partial charge < -0.3 is 4.74 Å². The molecule has 1 amide bonds. The van der Waals surface area contributed by atoms with Gasteiger partial charge in [-0.2, -0.15) is 0 Å². The van der Waals surface area contributed by atoms with E-state index in [-0.39, 0.29) is 12.0 Å². The zero-order chi connectivity index (χ0) is 18.9. The van der Waals surface area contributed by atoms with E-state index in [4.69, 9.17) is 4.74 Å². The van der Waals surface area contributed by atoms with Crippen molar-refractivity contribution < 1.29 is 9.53 Å². The van der Waals surface area contributed by atoms with Gasteiger partial charge in [0.2, 0.25) is 0 Å². The Morgan fingerprint density at radius 3 is 2.58 bits per heavy atom. The fourth-order valence-corrected chi connectivity index (χ4v) is 4.38. The Morgan fingerprint density at radius 2 is 1.96 bits per heavy atom. The number of rotatable bonds is 4. The summed E-state index contributed by atoms with van der Waals surface area (Å²) in [5, 5.41) is 3.66. The van der Waals surface area contributed by atoms with Crippen LogP contribution in [0, 0.1) is 11.3 Å². The van der Waals surface area contributed by atoms with Gasteiger partial charge >= 0.3 is 0 Å². The normalized spacial score (nSPS) is 17.1. The van der Waals surface area contributed by atoms with E-state index >= 15 is 0 Å². The highest BCUT2D eigenvalue weighted by molar-refractivity contribution is 7.15. The molecule has 1 atom stereocenters.